The van der Waals surface area contributed by atoms with Crippen molar-refractivity contribution in [3.63, 3.8) is 0 Å². The van der Waals surface area contributed by atoms with Crippen molar-refractivity contribution in [2.45, 2.75) is 6.92 Å². The molecule has 2 heterocycles. The lowest BCUT2D eigenvalue weighted by Crippen LogP contribution is -2.21. The number of nitrogens with zero attached hydrogens (tertiary/aromatic N) is 4. The first kappa shape index (κ1) is 21.1. The van der Waals surface area contributed by atoms with Gasteiger partial charge in [0.15, 0.2) is 17.2 Å². The van der Waals surface area contributed by atoms with Crippen molar-refractivity contribution < 1.29 is 19.0 Å². The van der Waals surface area contributed by atoms with Crippen LogP contribution in [-0.4, -0.2) is 45.9 Å². The summed E-state index contributed by atoms with van der Waals surface area (Å²) >= 11 is 0. The summed E-state index contributed by atoms with van der Waals surface area (Å²) in [5.74, 6) is 0.798. The first-order valence-electron chi connectivity index (χ1n) is 9.94. The smallest absolute Gasteiger partial charge is 0.359 e. The second-order valence-electron chi connectivity index (χ2n) is 6.87. The minimum absolute atomic E-state index is 0.00497. The van der Waals surface area contributed by atoms with Gasteiger partial charge in [0, 0.05) is 12.6 Å². The average molecular weight is 434 g/mol. The highest BCUT2D eigenvalue weighted by Crippen LogP contribution is 2.28. The highest BCUT2D eigenvalue weighted by Gasteiger charge is 2.25. The minimum Gasteiger partial charge on any atom is -0.495 e. The molecular weight excluding hydrogens is 412 g/mol. The number of rotatable bonds is 6. The number of esters is 1. The Balaban J connectivity index is 2.04. The van der Waals surface area contributed by atoms with E-state index in [0.717, 1.165) is 0 Å². The molecule has 0 aliphatic rings. The summed E-state index contributed by atoms with van der Waals surface area (Å²) in [6.45, 7) is 2.45. The number of carbonyl (C=O) groups excluding carboxylic acids is 1. The molecule has 0 atom stereocenters. The molecule has 0 aliphatic carbocycles. The number of carbonyl (C=O) groups is 1. The summed E-state index contributed by atoms with van der Waals surface area (Å²) in [5, 5.41) is 0. The van der Waals surface area contributed by atoms with E-state index in [0.29, 0.717) is 29.4 Å². The Morgan fingerprint density at radius 1 is 1.03 bits per heavy atom. The summed E-state index contributed by atoms with van der Waals surface area (Å²) < 4.78 is 18.6. The van der Waals surface area contributed by atoms with Crippen molar-refractivity contribution in [2.24, 2.45) is 7.05 Å². The number of para-hydroxylation sites is 2. The number of aryl methyl sites for hydroxylation is 1. The standard InChI is InChI=1S/C23H22N4O5/c1-5-32-15-12-10-14(11-13-15)20-24-18(22(28)31-4)19-21(25-20)27(23(29)26(19)2)16-8-6-7-9-17(16)30-3/h6-13H,5H2,1-4H3. The van der Waals surface area contributed by atoms with Crippen LogP contribution >= 0.6 is 0 Å². The molecule has 0 bridgehead atoms. The maximum absolute atomic E-state index is 13.2. The highest BCUT2D eigenvalue weighted by atomic mass is 16.5. The molecule has 4 rings (SSSR count). The largest absolute Gasteiger partial charge is 0.495 e. The molecule has 9 heteroatoms. The SMILES string of the molecule is CCOc1ccc(-c2nc(C(=O)OC)c3c(n2)n(-c2ccccc2OC)c(=O)n3C)cc1. The second kappa shape index (κ2) is 8.54. The molecule has 0 unspecified atom stereocenters. The third-order valence-electron chi connectivity index (χ3n) is 5.02. The van der Waals surface area contributed by atoms with Crippen LogP contribution in [0.4, 0.5) is 0 Å². The predicted octanol–water partition coefficient (Wildman–Crippen LogP) is 2.98. The molecule has 0 N–H and O–H groups in total. The molecule has 0 aliphatic heterocycles. The van der Waals surface area contributed by atoms with Gasteiger partial charge in [-0.1, -0.05) is 12.1 Å². The normalized spacial score (nSPS) is 10.9. The summed E-state index contributed by atoms with van der Waals surface area (Å²) in [6, 6.07) is 14.3. The monoisotopic (exact) mass is 434 g/mol. The zero-order chi connectivity index (χ0) is 22.8. The van der Waals surface area contributed by atoms with Crippen molar-refractivity contribution in [1.82, 2.24) is 19.1 Å². The van der Waals surface area contributed by atoms with Crippen LogP contribution in [0.15, 0.2) is 53.3 Å². The van der Waals surface area contributed by atoms with Gasteiger partial charge in [0.05, 0.1) is 26.5 Å². The third kappa shape index (κ3) is 3.47. The molecule has 164 valence electrons. The van der Waals surface area contributed by atoms with E-state index in [9.17, 15) is 9.59 Å². The summed E-state index contributed by atoms with van der Waals surface area (Å²) in [6.07, 6.45) is 0. The third-order valence-corrected chi connectivity index (χ3v) is 5.02. The zero-order valence-corrected chi connectivity index (χ0v) is 18.2. The maximum atomic E-state index is 13.2. The molecule has 0 spiro atoms. The number of imidazole rings is 1. The van der Waals surface area contributed by atoms with E-state index < -0.39 is 11.7 Å². The van der Waals surface area contributed by atoms with E-state index >= 15 is 0 Å². The van der Waals surface area contributed by atoms with Gasteiger partial charge in [0.1, 0.15) is 17.0 Å². The van der Waals surface area contributed by atoms with Crippen LogP contribution in [0.5, 0.6) is 11.5 Å². The molecule has 0 saturated carbocycles. The van der Waals surface area contributed by atoms with Crippen LogP contribution in [-0.2, 0) is 11.8 Å². The summed E-state index contributed by atoms with van der Waals surface area (Å²) in [4.78, 5) is 34.9. The van der Waals surface area contributed by atoms with Gasteiger partial charge in [0.2, 0.25) is 0 Å². The quantitative estimate of drug-likeness (QED) is 0.430. The van der Waals surface area contributed by atoms with Crippen LogP contribution in [0.25, 0.3) is 28.2 Å². The Kier molecular flexibility index (Phi) is 5.63. The van der Waals surface area contributed by atoms with Crippen molar-refractivity contribution in [1.29, 1.82) is 0 Å². The van der Waals surface area contributed by atoms with Gasteiger partial charge in [0.25, 0.3) is 0 Å². The lowest BCUT2D eigenvalue weighted by Gasteiger charge is -2.10. The molecule has 2 aromatic carbocycles. The number of benzene rings is 2. The van der Waals surface area contributed by atoms with E-state index in [1.807, 2.05) is 6.92 Å². The van der Waals surface area contributed by atoms with Crippen LogP contribution in [0, 0.1) is 0 Å². The highest BCUT2D eigenvalue weighted by molar-refractivity contribution is 6.00. The molecular formula is C23H22N4O5. The predicted molar refractivity (Wildman–Crippen MR) is 119 cm³/mol. The van der Waals surface area contributed by atoms with Gasteiger partial charge >= 0.3 is 11.7 Å². The Hall–Kier alpha value is -4.14. The van der Waals surface area contributed by atoms with Crippen molar-refractivity contribution in [3.05, 3.63) is 64.7 Å². The molecule has 0 saturated heterocycles. The van der Waals surface area contributed by atoms with Gasteiger partial charge < -0.3 is 14.2 Å². The number of ether oxygens (including phenoxy) is 3. The topological polar surface area (TPSA) is 97.5 Å². The number of hydrogen-bond donors (Lipinski definition) is 0. The van der Waals surface area contributed by atoms with E-state index in [4.69, 9.17) is 14.2 Å². The van der Waals surface area contributed by atoms with Gasteiger partial charge in [-0.15, -0.1) is 0 Å². The van der Waals surface area contributed by atoms with Gasteiger partial charge in [-0.2, -0.15) is 0 Å². The van der Waals surface area contributed by atoms with E-state index in [1.165, 1.54) is 23.4 Å². The van der Waals surface area contributed by atoms with Crippen LogP contribution in [0.1, 0.15) is 17.4 Å². The van der Waals surface area contributed by atoms with Crippen LogP contribution in [0.3, 0.4) is 0 Å². The fourth-order valence-corrected chi connectivity index (χ4v) is 3.51. The fraction of sp³-hybridized carbons (Fsp3) is 0.217. The van der Waals surface area contributed by atoms with Gasteiger partial charge in [-0.3, -0.25) is 4.57 Å². The lowest BCUT2D eigenvalue weighted by atomic mass is 10.2. The molecule has 2 aromatic heterocycles. The molecule has 4 aromatic rings. The Labute approximate surface area is 183 Å². The van der Waals surface area contributed by atoms with Crippen LogP contribution in [0.2, 0.25) is 0 Å². The fourth-order valence-electron chi connectivity index (χ4n) is 3.51. The second-order valence-corrected chi connectivity index (χ2v) is 6.87. The molecule has 0 radical (unpaired) electrons. The first-order chi connectivity index (χ1) is 15.5. The van der Waals surface area contributed by atoms with E-state index in [-0.39, 0.29) is 22.7 Å². The minimum atomic E-state index is -0.669. The first-order valence-corrected chi connectivity index (χ1v) is 9.94. The molecule has 32 heavy (non-hydrogen) atoms. The molecule has 9 nitrogen and oxygen atoms in total. The summed E-state index contributed by atoms with van der Waals surface area (Å²) in [7, 11) is 4.35. The zero-order valence-electron chi connectivity index (χ0n) is 18.2. The molecule has 0 fully saturated rings. The Bertz CT molecular complexity index is 1360. The number of hydrogen-bond acceptors (Lipinski definition) is 7. The lowest BCUT2D eigenvalue weighted by molar-refractivity contribution is 0.0596. The van der Waals surface area contributed by atoms with Crippen molar-refractivity contribution in [2.75, 3.05) is 20.8 Å². The van der Waals surface area contributed by atoms with E-state index in [1.54, 1.807) is 55.6 Å². The van der Waals surface area contributed by atoms with Crippen molar-refractivity contribution in [3.8, 4) is 28.6 Å². The molecule has 0 amide bonds. The number of aromatic nitrogens is 4. The van der Waals surface area contributed by atoms with Gasteiger partial charge in [-0.25, -0.2) is 24.1 Å². The van der Waals surface area contributed by atoms with Crippen molar-refractivity contribution >= 4 is 17.1 Å². The Morgan fingerprint density at radius 2 is 1.75 bits per heavy atom. The maximum Gasteiger partial charge on any atom is 0.359 e. The van der Waals surface area contributed by atoms with Crippen LogP contribution < -0.4 is 15.2 Å². The number of fused-ring (bicyclic) bond motifs is 1. The van der Waals surface area contributed by atoms with Gasteiger partial charge in [-0.05, 0) is 43.3 Å². The average Bonchev–Trinajstić information content (AvgIpc) is 3.08. The Morgan fingerprint density at radius 3 is 2.41 bits per heavy atom. The number of methoxy groups -OCH3 is 2. The van der Waals surface area contributed by atoms with E-state index in [2.05, 4.69) is 9.97 Å². The summed E-state index contributed by atoms with van der Waals surface area (Å²) in [5.41, 5.74) is 1.28.